The van der Waals surface area contributed by atoms with Crippen LogP contribution in [0.1, 0.15) is 22.3 Å². The lowest BCUT2D eigenvalue weighted by Crippen LogP contribution is -2.05. The van der Waals surface area contributed by atoms with Crippen LogP contribution in [0.3, 0.4) is 0 Å². The Morgan fingerprint density at radius 1 is 1.08 bits per heavy atom. The van der Waals surface area contributed by atoms with Crippen LogP contribution in [0.15, 0.2) is 16.9 Å². The fourth-order valence-corrected chi connectivity index (χ4v) is 1.81. The molecule has 0 aliphatic rings. The fourth-order valence-electron chi connectivity index (χ4n) is 1.81. The highest BCUT2D eigenvalue weighted by atomic mass is 16.5. The van der Waals surface area contributed by atoms with Gasteiger partial charge in [-0.2, -0.15) is 15.5 Å². The molecule has 8 heteroatoms. The Morgan fingerprint density at radius 3 is 2.12 bits per heavy atom. The molecule has 2 rings (SSSR count). The molecule has 24 heavy (non-hydrogen) atoms. The normalized spacial score (nSPS) is 9.08. The van der Waals surface area contributed by atoms with Gasteiger partial charge < -0.3 is 14.6 Å². The Morgan fingerprint density at radius 2 is 1.67 bits per heavy atom. The highest BCUT2D eigenvalue weighted by Gasteiger charge is 2.09. The number of nitrogens with zero attached hydrogens (tertiary/aromatic N) is 3. The number of aromatic hydroxyl groups is 1. The summed E-state index contributed by atoms with van der Waals surface area (Å²) in [6, 6.07) is 6.75. The number of hydrogen-bond acceptors (Lipinski definition) is 7. The zero-order chi connectivity index (χ0) is 18.3. The van der Waals surface area contributed by atoms with Crippen molar-refractivity contribution in [3.8, 4) is 29.8 Å². The number of ether oxygens (including phenoxy) is 2. The maximum Gasteiger partial charge on any atom is 0.251 e. The zero-order valence-corrected chi connectivity index (χ0v) is 13.7. The largest absolute Gasteiger partial charge is 0.494 e. The van der Waals surface area contributed by atoms with E-state index in [0.29, 0.717) is 22.9 Å². The van der Waals surface area contributed by atoms with Crippen molar-refractivity contribution in [2.75, 3.05) is 14.2 Å². The third-order valence-electron chi connectivity index (χ3n) is 3.01. The lowest BCUT2D eigenvalue weighted by Gasteiger charge is -2.06. The van der Waals surface area contributed by atoms with Crippen LogP contribution < -0.4 is 15.0 Å². The molecule has 0 amide bonds. The summed E-state index contributed by atoms with van der Waals surface area (Å²) in [5.41, 5.74) is 1.44. The number of hydrogen-bond donors (Lipinski definition) is 2. The third-order valence-corrected chi connectivity index (χ3v) is 3.01. The van der Waals surface area contributed by atoms with Crippen LogP contribution in [0.25, 0.3) is 0 Å². The molecule has 2 aromatic heterocycles. The number of methoxy groups -OCH3 is 2. The van der Waals surface area contributed by atoms with E-state index in [1.54, 1.807) is 19.1 Å². The lowest BCUT2D eigenvalue weighted by atomic mass is 10.2. The van der Waals surface area contributed by atoms with Gasteiger partial charge in [0.1, 0.15) is 23.3 Å². The second-order valence-electron chi connectivity index (χ2n) is 4.63. The summed E-state index contributed by atoms with van der Waals surface area (Å²) in [7, 11) is 3.00. The average Bonchev–Trinajstić information content (AvgIpc) is 2.54. The van der Waals surface area contributed by atoms with Crippen LogP contribution in [-0.2, 0) is 0 Å². The Labute approximate surface area is 138 Å². The number of aryl methyl sites for hydroxylation is 2. The quantitative estimate of drug-likeness (QED) is 0.854. The Bertz CT molecular complexity index is 849. The van der Waals surface area contributed by atoms with Gasteiger partial charge in [-0.05, 0) is 25.0 Å². The van der Waals surface area contributed by atoms with Gasteiger partial charge in [-0.25, -0.2) is 0 Å². The topological polar surface area (TPSA) is 132 Å². The minimum absolute atomic E-state index is 0.115. The van der Waals surface area contributed by atoms with Gasteiger partial charge in [0.15, 0.2) is 0 Å². The van der Waals surface area contributed by atoms with E-state index in [2.05, 4.69) is 9.97 Å². The summed E-state index contributed by atoms with van der Waals surface area (Å²) in [6.07, 6.45) is 0. The number of aromatic amines is 1. The lowest BCUT2D eigenvalue weighted by molar-refractivity contribution is 0.363. The summed E-state index contributed by atoms with van der Waals surface area (Å²) >= 11 is 0. The van der Waals surface area contributed by atoms with E-state index in [0.717, 1.165) is 5.56 Å². The summed E-state index contributed by atoms with van der Waals surface area (Å²) in [5, 5.41) is 26.2. The highest BCUT2D eigenvalue weighted by Crippen LogP contribution is 2.22. The Balaban J connectivity index is 0.000000243. The molecule has 124 valence electrons. The number of nitrogens with one attached hydrogen (secondary N) is 1. The first kappa shape index (κ1) is 18.5. The van der Waals surface area contributed by atoms with Crippen molar-refractivity contribution in [1.82, 2.24) is 9.97 Å². The maximum atomic E-state index is 10.7. The molecular formula is C16H16N4O4. The molecule has 2 heterocycles. The van der Waals surface area contributed by atoms with Crippen LogP contribution in [0, 0.1) is 36.5 Å². The fraction of sp³-hybridized carbons (Fsp3) is 0.250. The van der Waals surface area contributed by atoms with E-state index in [4.69, 9.17) is 25.1 Å². The van der Waals surface area contributed by atoms with Crippen LogP contribution in [-0.4, -0.2) is 29.3 Å². The average molecular weight is 328 g/mol. The number of aromatic nitrogens is 2. The van der Waals surface area contributed by atoms with E-state index in [-0.39, 0.29) is 11.4 Å². The number of H-pyrrole nitrogens is 1. The van der Waals surface area contributed by atoms with Crippen molar-refractivity contribution in [3.63, 3.8) is 0 Å². The van der Waals surface area contributed by atoms with Gasteiger partial charge in [-0.15, -0.1) is 0 Å². The molecule has 0 aliphatic carbocycles. The highest BCUT2D eigenvalue weighted by molar-refractivity contribution is 5.46. The van der Waals surface area contributed by atoms with Gasteiger partial charge in [-0.1, -0.05) is 0 Å². The van der Waals surface area contributed by atoms with Crippen molar-refractivity contribution in [3.05, 3.63) is 44.7 Å². The molecule has 0 fully saturated rings. The molecule has 0 spiro atoms. The smallest absolute Gasteiger partial charge is 0.251 e. The number of rotatable bonds is 2. The number of nitriles is 2. The van der Waals surface area contributed by atoms with Gasteiger partial charge >= 0.3 is 0 Å². The molecule has 0 atom stereocenters. The molecule has 0 unspecified atom stereocenters. The molecule has 0 aromatic carbocycles. The predicted molar refractivity (Wildman–Crippen MR) is 85.0 cm³/mol. The maximum absolute atomic E-state index is 10.7. The van der Waals surface area contributed by atoms with Gasteiger partial charge in [0.2, 0.25) is 17.6 Å². The molecule has 0 bridgehead atoms. The summed E-state index contributed by atoms with van der Waals surface area (Å²) in [4.78, 5) is 16.7. The van der Waals surface area contributed by atoms with Gasteiger partial charge in [0.25, 0.3) is 5.56 Å². The van der Waals surface area contributed by atoms with E-state index < -0.39 is 5.56 Å². The molecule has 2 N–H and O–H groups in total. The van der Waals surface area contributed by atoms with Crippen molar-refractivity contribution >= 4 is 0 Å². The van der Waals surface area contributed by atoms with Gasteiger partial charge in [0, 0.05) is 12.1 Å². The summed E-state index contributed by atoms with van der Waals surface area (Å²) in [5.74, 6) is 0.394. The van der Waals surface area contributed by atoms with E-state index in [1.165, 1.54) is 20.3 Å². The Kier molecular flexibility index (Phi) is 6.33. The van der Waals surface area contributed by atoms with Crippen molar-refractivity contribution in [1.29, 1.82) is 10.5 Å². The Hall–Kier alpha value is -3.52. The first-order valence-corrected chi connectivity index (χ1v) is 6.70. The van der Waals surface area contributed by atoms with E-state index in [1.807, 2.05) is 13.0 Å². The SMILES string of the molecule is COc1cc(C)c(C#N)c(OC)n1.Cc1cc(=O)[nH]c(O)c1C#N. The van der Waals surface area contributed by atoms with E-state index in [9.17, 15) is 4.79 Å². The van der Waals surface area contributed by atoms with Crippen molar-refractivity contribution < 1.29 is 14.6 Å². The second kappa shape index (κ2) is 8.20. The first-order chi connectivity index (χ1) is 11.4. The molecule has 0 aliphatic heterocycles. The summed E-state index contributed by atoms with van der Waals surface area (Å²) in [6.45, 7) is 3.40. The predicted octanol–water partition coefficient (Wildman–Crippen LogP) is 1.54. The molecule has 0 saturated heterocycles. The van der Waals surface area contributed by atoms with E-state index >= 15 is 0 Å². The first-order valence-electron chi connectivity index (χ1n) is 6.70. The minimum atomic E-state index is -0.404. The zero-order valence-electron chi connectivity index (χ0n) is 13.7. The van der Waals surface area contributed by atoms with Gasteiger partial charge in [-0.3, -0.25) is 9.78 Å². The van der Waals surface area contributed by atoms with Gasteiger partial charge in [0.05, 0.1) is 14.2 Å². The van der Waals surface area contributed by atoms with Crippen molar-refractivity contribution in [2.45, 2.75) is 13.8 Å². The monoisotopic (exact) mass is 328 g/mol. The third kappa shape index (κ3) is 4.24. The molecular weight excluding hydrogens is 312 g/mol. The van der Waals surface area contributed by atoms with Crippen LogP contribution in [0.5, 0.6) is 17.6 Å². The minimum Gasteiger partial charge on any atom is -0.494 e. The van der Waals surface area contributed by atoms with Crippen LogP contribution in [0.2, 0.25) is 0 Å². The number of pyridine rings is 2. The second-order valence-corrected chi connectivity index (χ2v) is 4.63. The standard InChI is InChI=1S/C9H10N2O2.C7H6N2O2/c1-6-4-8(12-2)11-9(13-3)7(6)5-10;1-4-2-6(10)9-7(11)5(4)3-8/h4H,1-3H3;2H,1H3,(H2,9,10,11). The molecule has 0 saturated carbocycles. The molecule has 2 aromatic rings. The van der Waals surface area contributed by atoms with Crippen LogP contribution in [0.4, 0.5) is 0 Å². The van der Waals surface area contributed by atoms with Crippen molar-refractivity contribution in [2.24, 2.45) is 0 Å². The molecule has 0 radical (unpaired) electrons. The molecule has 8 nitrogen and oxygen atoms in total. The summed E-state index contributed by atoms with van der Waals surface area (Å²) < 4.78 is 9.88. The van der Waals surface area contributed by atoms with Crippen LogP contribution >= 0.6 is 0 Å².